The summed E-state index contributed by atoms with van der Waals surface area (Å²) >= 11 is 0. The van der Waals surface area contributed by atoms with Gasteiger partial charge in [0.05, 0.1) is 0 Å². The van der Waals surface area contributed by atoms with Crippen molar-refractivity contribution in [1.29, 1.82) is 0 Å². The van der Waals surface area contributed by atoms with Crippen molar-refractivity contribution in [2.24, 2.45) is 17.3 Å². The fourth-order valence-electron chi connectivity index (χ4n) is 2.08. The summed E-state index contributed by atoms with van der Waals surface area (Å²) in [6.07, 6.45) is 4.29. The molecule has 0 spiro atoms. The van der Waals surface area contributed by atoms with E-state index in [9.17, 15) is 0 Å². The zero-order valence-corrected chi connectivity index (χ0v) is 7.78. The topological polar surface area (TPSA) is 0 Å². The molecule has 2 atom stereocenters. The van der Waals surface area contributed by atoms with Crippen LogP contribution in [0.3, 0.4) is 0 Å². The standard InChI is InChI=1S/C10H20/c1-8-5-6-10(3,4)7-9(8)2/h8-9H,5-7H2,1-4H3/t8?,9-/m0/s1. The SMILES string of the molecule is CC1CCC(C)(C)C[C@@H]1C. The summed E-state index contributed by atoms with van der Waals surface area (Å²) in [6.45, 7) is 9.58. The highest BCUT2D eigenvalue weighted by Gasteiger charge is 2.29. The summed E-state index contributed by atoms with van der Waals surface area (Å²) in [5.41, 5.74) is 0.631. The molecular formula is C10H20. The van der Waals surface area contributed by atoms with Crippen LogP contribution in [0.15, 0.2) is 0 Å². The summed E-state index contributed by atoms with van der Waals surface area (Å²) in [5, 5.41) is 0. The first-order valence-corrected chi connectivity index (χ1v) is 4.51. The second kappa shape index (κ2) is 2.56. The predicted octanol–water partition coefficient (Wildman–Crippen LogP) is 3.47. The summed E-state index contributed by atoms with van der Waals surface area (Å²) in [7, 11) is 0. The van der Waals surface area contributed by atoms with Gasteiger partial charge in [-0.25, -0.2) is 0 Å². The minimum absolute atomic E-state index is 0.631. The molecule has 1 unspecified atom stereocenters. The quantitative estimate of drug-likeness (QED) is 0.483. The maximum atomic E-state index is 2.40. The molecule has 0 radical (unpaired) electrons. The molecule has 10 heavy (non-hydrogen) atoms. The highest BCUT2D eigenvalue weighted by molar-refractivity contribution is 4.80. The minimum Gasteiger partial charge on any atom is -0.0623 e. The van der Waals surface area contributed by atoms with Gasteiger partial charge in [-0.1, -0.05) is 27.7 Å². The van der Waals surface area contributed by atoms with Crippen LogP contribution in [-0.2, 0) is 0 Å². The Kier molecular flexibility index (Phi) is 2.07. The van der Waals surface area contributed by atoms with E-state index in [0.29, 0.717) is 5.41 Å². The molecule has 1 saturated carbocycles. The van der Waals surface area contributed by atoms with Crippen LogP contribution in [0.5, 0.6) is 0 Å². The van der Waals surface area contributed by atoms with E-state index in [-0.39, 0.29) is 0 Å². The summed E-state index contributed by atoms with van der Waals surface area (Å²) in [5.74, 6) is 1.91. The summed E-state index contributed by atoms with van der Waals surface area (Å²) in [6, 6.07) is 0. The first kappa shape index (κ1) is 8.10. The fourth-order valence-corrected chi connectivity index (χ4v) is 2.08. The van der Waals surface area contributed by atoms with Crippen molar-refractivity contribution >= 4 is 0 Å². The average Bonchev–Trinajstić information content (AvgIpc) is 1.79. The van der Waals surface area contributed by atoms with Crippen LogP contribution in [0.1, 0.15) is 47.0 Å². The Morgan fingerprint density at radius 1 is 1.10 bits per heavy atom. The Hall–Kier alpha value is 0. The van der Waals surface area contributed by atoms with Crippen molar-refractivity contribution in [3.05, 3.63) is 0 Å². The summed E-state index contributed by atoms with van der Waals surface area (Å²) in [4.78, 5) is 0. The van der Waals surface area contributed by atoms with Gasteiger partial charge < -0.3 is 0 Å². The molecule has 0 heteroatoms. The fraction of sp³-hybridized carbons (Fsp3) is 1.00. The van der Waals surface area contributed by atoms with Gasteiger partial charge in [-0.2, -0.15) is 0 Å². The van der Waals surface area contributed by atoms with Gasteiger partial charge in [0, 0.05) is 0 Å². The maximum Gasteiger partial charge on any atom is -0.0351 e. The van der Waals surface area contributed by atoms with Crippen molar-refractivity contribution in [2.45, 2.75) is 47.0 Å². The molecule has 1 rings (SSSR count). The molecule has 0 aliphatic heterocycles. The molecule has 0 amide bonds. The molecule has 1 fully saturated rings. The lowest BCUT2D eigenvalue weighted by atomic mass is 9.68. The van der Waals surface area contributed by atoms with Crippen LogP contribution < -0.4 is 0 Å². The molecule has 0 aromatic rings. The van der Waals surface area contributed by atoms with E-state index in [0.717, 1.165) is 11.8 Å². The maximum absolute atomic E-state index is 2.40. The third-order valence-corrected chi connectivity index (χ3v) is 3.12. The van der Waals surface area contributed by atoms with Gasteiger partial charge in [0.15, 0.2) is 0 Å². The van der Waals surface area contributed by atoms with Gasteiger partial charge >= 0.3 is 0 Å². The van der Waals surface area contributed by atoms with Crippen LogP contribution in [0.25, 0.3) is 0 Å². The molecule has 0 aromatic heterocycles. The number of hydrogen-bond acceptors (Lipinski definition) is 0. The molecule has 0 saturated heterocycles. The van der Waals surface area contributed by atoms with Crippen LogP contribution >= 0.6 is 0 Å². The van der Waals surface area contributed by atoms with Crippen LogP contribution in [0.4, 0.5) is 0 Å². The second-order valence-electron chi connectivity index (χ2n) is 4.86. The largest absolute Gasteiger partial charge is 0.0623 e. The number of rotatable bonds is 0. The lowest BCUT2D eigenvalue weighted by Crippen LogP contribution is -2.26. The van der Waals surface area contributed by atoms with Gasteiger partial charge in [0.1, 0.15) is 0 Å². The van der Waals surface area contributed by atoms with E-state index in [1.807, 2.05) is 0 Å². The lowest BCUT2D eigenvalue weighted by molar-refractivity contribution is 0.139. The van der Waals surface area contributed by atoms with E-state index in [1.165, 1.54) is 19.3 Å². The molecular weight excluding hydrogens is 120 g/mol. The highest BCUT2D eigenvalue weighted by Crippen LogP contribution is 2.41. The van der Waals surface area contributed by atoms with Crippen molar-refractivity contribution in [2.75, 3.05) is 0 Å². The van der Waals surface area contributed by atoms with E-state index in [4.69, 9.17) is 0 Å². The Morgan fingerprint density at radius 3 is 2.10 bits per heavy atom. The molecule has 0 nitrogen and oxygen atoms in total. The van der Waals surface area contributed by atoms with Crippen molar-refractivity contribution < 1.29 is 0 Å². The van der Waals surface area contributed by atoms with Gasteiger partial charge in [-0.3, -0.25) is 0 Å². The molecule has 0 N–H and O–H groups in total. The Labute approximate surface area is 65.0 Å². The Morgan fingerprint density at radius 2 is 1.70 bits per heavy atom. The molecule has 60 valence electrons. The minimum atomic E-state index is 0.631. The molecule has 1 aliphatic carbocycles. The average molecular weight is 140 g/mol. The van der Waals surface area contributed by atoms with Crippen LogP contribution in [-0.4, -0.2) is 0 Å². The van der Waals surface area contributed by atoms with Gasteiger partial charge in [0.2, 0.25) is 0 Å². The van der Waals surface area contributed by atoms with E-state index in [1.54, 1.807) is 0 Å². The zero-order valence-electron chi connectivity index (χ0n) is 7.78. The molecule has 1 aliphatic rings. The lowest BCUT2D eigenvalue weighted by Gasteiger charge is -2.37. The van der Waals surface area contributed by atoms with E-state index >= 15 is 0 Å². The van der Waals surface area contributed by atoms with E-state index < -0.39 is 0 Å². The summed E-state index contributed by atoms with van der Waals surface area (Å²) < 4.78 is 0. The van der Waals surface area contributed by atoms with Crippen molar-refractivity contribution in [3.63, 3.8) is 0 Å². The first-order chi connectivity index (χ1) is 4.51. The predicted molar refractivity (Wildman–Crippen MR) is 46.0 cm³/mol. The Bertz CT molecular complexity index is 113. The van der Waals surface area contributed by atoms with Crippen molar-refractivity contribution in [3.8, 4) is 0 Å². The highest BCUT2D eigenvalue weighted by atomic mass is 14.3. The smallest absolute Gasteiger partial charge is 0.0351 e. The van der Waals surface area contributed by atoms with E-state index in [2.05, 4.69) is 27.7 Å². The molecule has 0 heterocycles. The second-order valence-corrected chi connectivity index (χ2v) is 4.86. The van der Waals surface area contributed by atoms with Crippen LogP contribution in [0, 0.1) is 17.3 Å². The normalized spacial score (nSPS) is 39.6. The van der Waals surface area contributed by atoms with Gasteiger partial charge in [0.25, 0.3) is 0 Å². The molecule has 0 aromatic carbocycles. The number of hydrogen-bond donors (Lipinski definition) is 0. The van der Waals surface area contributed by atoms with Crippen LogP contribution in [0.2, 0.25) is 0 Å². The van der Waals surface area contributed by atoms with Gasteiger partial charge in [-0.05, 0) is 36.5 Å². The monoisotopic (exact) mass is 140 g/mol. The van der Waals surface area contributed by atoms with Gasteiger partial charge in [-0.15, -0.1) is 0 Å². The van der Waals surface area contributed by atoms with Crippen molar-refractivity contribution in [1.82, 2.24) is 0 Å². The third kappa shape index (κ3) is 1.74. The third-order valence-electron chi connectivity index (χ3n) is 3.12. The molecule has 0 bridgehead atoms. The first-order valence-electron chi connectivity index (χ1n) is 4.51. The zero-order chi connectivity index (χ0) is 7.78. The Balaban J connectivity index is 2.49.